The number of benzene rings is 1. The Bertz CT molecular complexity index is 343. The second-order valence-corrected chi connectivity index (χ2v) is 3.33. The van der Waals surface area contributed by atoms with E-state index < -0.39 is 17.6 Å². The number of ether oxygens (including phenoxy) is 1. The summed E-state index contributed by atoms with van der Waals surface area (Å²) in [5, 5.41) is 0. The molecule has 1 aromatic carbocycles. The largest absolute Gasteiger partial charge is 0.462 e. The molecule has 0 saturated heterocycles. The maximum atomic E-state index is 12.8. The molecule has 1 aromatic rings. The van der Waals surface area contributed by atoms with Crippen LogP contribution in [0, 0.1) is 11.6 Å². The second-order valence-electron chi connectivity index (χ2n) is 2.47. The molecule has 0 amide bonds. The zero-order chi connectivity index (χ0) is 10.7. The molecule has 0 aromatic heterocycles. The van der Waals surface area contributed by atoms with Gasteiger partial charge in [-0.15, -0.1) is 0 Å². The van der Waals surface area contributed by atoms with Crippen LogP contribution in [0.5, 0.6) is 0 Å². The Labute approximate surface area is 88.0 Å². The summed E-state index contributed by atoms with van der Waals surface area (Å²) in [6.45, 7) is 1.82. The molecule has 0 aliphatic rings. The minimum absolute atomic E-state index is 0.0161. The highest BCUT2D eigenvalue weighted by Gasteiger charge is 2.13. The van der Waals surface area contributed by atoms with Gasteiger partial charge in [0, 0.05) is 0 Å². The fourth-order valence-corrected chi connectivity index (χ4v) is 1.32. The highest BCUT2D eigenvalue weighted by molar-refractivity contribution is 9.10. The van der Waals surface area contributed by atoms with Gasteiger partial charge >= 0.3 is 5.97 Å². The van der Waals surface area contributed by atoms with Crippen LogP contribution in [0.4, 0.5) is 8.78 Å². The van der Waals surface area contributed by atoms with Gasteiger partial charge in [-0.3, -0.25) is 0 Å². The minimum Gasteiger partial charge on any atom is -0.462 e. The third-order valence-corrected chi connectivity index (χ3v) is 2.07. The lowest BCUT2D eigenvalue weighted by Crippen LogP contribution is -2.05. The van der Waals surface area contributed by atoms with Crippen LogP contribution in [-0.2, 0) is 4.74 Å². The van der Waals surface area contributed by atoms with Crippen LogP contribution in [0.3, 0.4) is 0 Å². The van der Waals surface area contributed by atoms with E-state index in [9.17, 15) is 13.6 Å². The Hall–Kier alpha value is -0.970. The van der Waals surface area contributed by atoms with Gasteiger partial charge in [0.1, 0.15) is 0 Å². The molecule has 0 spiro atoms. The zero-order valence-corrected chi connectivity index (χ0v) is 8.90. The topological polar surface area (TPSA) is 26.3 Å². The van der Waals surface area contributed by atoms with Crippen LogP contribution in [0.25, 0.3) is 0 Å². The summed E-state index contributed by atoms with van der Waals surface area (Å²) in [5.41, 5.74) is -0.0161. The number of hydrogen-bond donors (Lipinski definition) is 0. The van der Waals surface area contributed by atoms with Crippen molar-refractivity contribution >= 4 is 21.9 Å². The van der Waals surface area contributed by atoms with Gasteiger partial charge in [-0.2, -0.15) is 0 Å². The van der Waals surface area contributed by atoms with Gasteiger partial charge < -0.3 is 4.74 Å². The Morgan fingerprint density at radius 1 is 1.50 bits per heavy atom. The van der Waals surface area contributed by atoms with Gasteiger partial charge in [0.15, 0.2) is 11.6 Å². The molecule has 1 rings (SSSR count). The molecule has 14 heavy (non-hydrogen) atoms. The molecule has 0 unspecified atom stereocenters. The number of carbonyl (C=O) groups excluding carboxylic acids is 1. The van der Waals surface area contributed by atoms with Crippen molar-refractivity contribution in [2.24, 2.45) is 0 Å². The Morgan fingerprint density at radius 2 is 2.14 bits per heavy atom. The van der Waals surface area contributed by atoms with Gasteiger partial charge in [-0.25, -0.2) is 13.6 Å². The van der Waals surface area contributed by atoms with E-state index in [4.69, 9.17) is 0 Å². The summed E-state index contributed by atoms with van der Waals surface area (Å²) in [6.07, 6.45) is 0. The van der Waals surface area contributed by atoms with Gasteiger partial charge in [0.25, 0.3) is 0 Å². The maximum absolute atomic E-state index is 12.8. The molecule has 0 heterocycles. The predicted molar refractivity (Wildman–Crippen MR) is 50.0 cm³/mol. The van der Waals surface area contributed by atoms with Gasteiger partial charge in [-0.05, 0) is 35.0 Å². The summed E-state index contributed by atoms with van der Waals surface area (Å²) in [5.74, 6) is -2.77. The molecule has 0 aliphatic carbocycles. The number of halogens is 3. The maximum Gasteiger partial charge on any atom is 0.338 e. The third-order valence-electron chi connectivity index (χ3n) is 1.49. The Kier molecular flexibility index (Phi) is 3.57. The van der Waals surface area contributed by atoms with Crippen molar-refractivity contribution in [1.82, 2.24) is 0 Å². The molecule has 0 saturated carbocycles. The lowest BCUT2D eigenvalue weighted by Gasteiger charge is -2.03. The first-order chi connectivity index (χ1) is 6.56. The molecular weight excluding hydrogens is 258 g/mol. The van der Waals surface area contributed by atoms with E-state index >= 15 is 0 Å². The molecule has 2 nitrogen and oxygen atoms in total. The van der Waals surface area contributed by atoms with Crippen molar-refractivity contribution in [3.05, 3.63) is 33.8 Å². The van der Waals surface area contributed by atoms with E-state index in [1.54, 1.807) is 6.92 Å². The van der Waals surface area contributed by atoms with E-state index in [0.29, 0.717) is 0 Å². The van der Waals surface area contributed by atoms with E-state index in [0.717, 1.165) is 6.07 Å². The predicted octanol–water partition coefficient (Wildman–Crippen LogP) is 2.90. The highest BCUT2D eigenvalue weighted by Crippen LogP contribution is 2.20. The van der Waals surface area contributed by atoms with Crippen molar-refractivity contribution in [3.8, 4) is 0 Å². The van der Waals surface area contributed by atoms with Gasteiger partial charge in [-0.1, -0.05) is 0 Å². The van der Waals surface area contributed by atoms with Gasteiger partial charge in [0.05, 0.1) is 16.6 Å². The number of esters is 1. The molecule has 0 bridgehead atoms. The standard InChI is InChI=1S/C9H7BrF2O2/c1-2-14-9(13)5-3-6(10)8(12)7(11)4-5/h3-4H,2H2,1H3. The van der Waals surface area contributed by atoms with Crippen molar-refractivity contribution in [2.75, 3.05) is 6.61 Å². The molecular formula is C9H7BrF2O2. The quantitative estimate of drug-likeness (QED) is 0.607. The first-order valence-corrected chi connectivity index (χ1v) is 4.67. The SMILES string of the molecule is CCOC(=O)c1cc(F)c(F)c(Br)c1. The summed E-state index contributed by atoms with van der Waals surface area (Å²) >= 11 is 2.79. The van der Waals surface area contributed by atoms with Crippen LogP contribution in [0.15, 0.2) is 16.6 Å². The third kappa shape index (κ3) is 2.29. The van der Waals surface area contributed by atoms with E-state index in [1.807, 2.05) is 0 Å². The fourth-order valence-electron chi connectivity index (χ4n) is 0.888. The average Bonchev–Trinajstić information content (AvgIpc) is 2.13. The Morgan fingerprint density at radius 3 is 2.64 bits per heavy atom. The number of hydrogen-bond acceptors (Lipinski definition) is 2. The molecule has 76 valence electrons. The summed E-state index contributed by atoms with van der Waals surface area (Å²) < 4.78 is 30.1. The molecule has 0 radical (unpaired) electrons. The van der Waals surface area contributed by atoms with Crippen molar-refractivity contribution < 1.29 is 18.3 Å². The van der Waals surface area contributed by atoms with Crippen LogP contribution < -0.4 is 0 Å². The number of rotatable bonds is 2. The van der Waals surface area contributed by atoms with Crippen molar-refractivity contribution in [3.63, 3.8) is 0 Å². The second kappa shape index (κ2) is 4.50. The zero-order valence-electron chi connectivity index (χ0n) is 7.31. The molecule has 0 fully saturated rings. The lowest BCUT2D eigenvalue weighted by molar-refractivity contribution is 0.0525. The first kappa shape index (κ1) is 11.1. The summed E-state index contributed by atoms with van der Waals surface area (Å²) in [4.78, 5) is 11.1. The molecule has 0 atom stereocenters. The minimum atomic E-state index is -1.08. The lowest BCUT2D eigenvalue weighted by atomic mass is 10.2. The van der Waals surface area contributed by atoms with E-state index in [2.05, 4.69) is 20.7 Å². The van der Waals surface area contributed by atoms with Crippen molar-refractivity contribution in [2.45, 2.75) is 6.92 Å². The first-order valence-electron chi connectivity index (χ1n) is 3.88. The van der Waals surface area contributed by atoms with E-state index in [1.165, 1.54) is 6.07 Å². The monoisotopic (exact) mass is 264 g/mol. The van der Waals surface area contributed by atoms with Crippen LogP contribution in [-0.4, -0.2) is 12.6 Å². The van der Waals surface area contributed by atoms with Crippen LogP contribution in [0.2, 0.25) is 0 Å². The van der Waals surface area contributed by atoms with Gasteiger partial charge in [0.2, 0.25) is 0 Å². The van der Waals surface area contributed by atoms with Crippen LogP contribution in [0.1, 0.15) is 17.3 Å². The average molecular weight is 265 g/mol. The Balaban J connectivity index is 3.06. The summed E-state index contributed by atoms with van der Waals surface area (Å²) in [7, 11) is 0. The normalized spacial score (nSPS) is 10.0. The highest BCUT2D eigenvalue weighted by atomic mass is 79.9. The molecule has 0 N–H and O–H groups in total. The smallest absolute Gasteiger partial charge is 0.338 e. The fraction of sp³-hybridized carbons (Fsp3) is 0.222. The molecule has 5 heteroatoms. The van der Waals surface area contributed by atoms with Crippen molar-refractivity contribution in [1.29, 1.82) is 0 Å². The van der Waals surface area contributed by atoms with Crippen LogP contribution >= 0.6 is 15.9 Å². The molecule has 0 aliphatic heterocycles. The van der Waals surface area contributed by atoms with E-state index in [-0.39, 0.29) is 16.6 Å². The number of carbonyl (C=O) groups is 1. The summed E-state index contributed by atoms with van der Waals surface area (Å²) in [6, 6.07) is 1.98.